The van der Waals surface area contributed by atoms with E-state index in [1.807, 2.05) is 0 Å². The van der Waals surface area contributed by atoms with Crippen LogP contribution in [0.3, 0.4) is 0 Å². The molecule has 1 radical (unpaired) electrons. The summed E-state index contributed by atoms with van der Waals surface area (Å²) in [6.45, 7) is 1.71. The van der Waals surface area contributed by atoms with E-state index >= 15 is 0 Å². The maximum absolute atomic E-state index is 10.5. The van der Waals surface area contributed by atoms with Crippen LogP contribution in [-0.4, -0.2) is 36.1 Å². The molecule has 0 heterocycles. The zero-order chi connectivity index (χ0) is 11.3. The van der Waals surface area contributed by atoms with Gasteiger partial charge in [0.2, 0.25) is 0 Å². The summed E-state index contributed by atoms with van der Waals surface area (Å²) in [6.07, 6.45) is 0. The maximum atomic E-state index is 10.5. The quantitative estimate of drug-likeness (QED) is 0.492. The molecule has 6 heteroatoms. The molecule has 0 saturated carbocycles. The van der Waals surface area contributed by atoms with Gasteiger partial charge in [0.15, 0.2) is 0 Å². The van der Waals surface area contributed by atoms with Crippen molar-refractivity contribution in [3.8, 4) is 5.75 Å². The zero-order valence-corrected chi connectivity index (χ0v) is 10.0. The number of aliphatic hydroxyl groups is 1. The van der Waals surface area contributed by atoms with Crippen LogP contribution < -0.4 is 4.74 Å². The topological polar surface area (TPSA) is 72.6 Å². The van der Waals surface area contributed by atoms with Crippen molar-refractivity contribution in [2.75, 3.05) is 5.39 Å². The number of benzene rings is 1. The molecule has 0 amide bonds. The Hall–Kier alpha value is -1.06. The number of hydrogen-bond acceptors (Lipinski definition) is 4. The molecule has 0 fully saturated rings. The molecular weight excluding hydrogens is 261 g/mol. The Morgan fingerprint density at radius 2 is 2.40 bits per heavy atom. The molecule has 1 N–H and O–H groups in total. The molecule has 0 aromatic heterocycles. The Morgan fingerprint density at radius 1 is 1.67 bits per heavy atom. The van der Waals surface area contributed by atoms with E-state index in [2.05, 4.69) is 0 Å². The first-order valence-electron chi connectivity index (χ1n) is 4.31. The predicted molar refractivity (Wildman–Crippen MR) is 56.0 cm³/mol. The third kappa shape index (κ3) is 4.32. The Balaban J connectivity index is 2.54. The summed E-state index contributed by atoms with van der Waals surface area (Å²) in [6, 6.07) is 6.03. The third-order valence-corrected chi connectivity index (χ3v) is 3.29. The van der Waals surface area contributed by atoms with Crippen molar-refractivity contribution in [3.05, 3.63) is 34.4 Å². The number of nitrogens with zero attached hydrogens (tertiary/aromatic N) is 1. The number of ether oxygens (including phenoxy) is 1. The summed E-state index contributed by atoms with van der Waals surface area (Å²) in [5.41, 5.74) is 0.0146. The van der Waals surface area contributed by atoms with Crippen LogP contribution >= 0.6 is 0 Å². The van der Waals surface area contributed by atoms with Crippen LogP contribution in [0.15, 0.2) is 24.3 Å². The van der Waals surface area contributed by atoms with Crippen LogP contribution in [0.1, 0.15) is 6.92 Å². The summed E-state index contributed by atoms with van der Waals surface area (Å²) >= 11 is -0.286. The van der Waals surface area contributed by atoms with Crippen molar-refractivity contribution in [2.45, 2.75) is 11.8 Å². The molecule has 0 saturated heterocycles. The average Bonchev–Trinajstić information content (AvgIpc) is 2.17. The van der Waals surface area contributed by atoms with Gasteiger partial charge in [-0.25, -0.2) is 0 Å². The van der Waals surface area contributed by atoms with E-state index in [0.717, 1.165) is 0 Å². The van der Waals surface area contributed by atoms with Crippen LogP contribution in [0.5, 0.6) is 5.75 Å². The molecule has 15 heavy (non-hydrogen) atoms. The fourth-order valence-corrected chi connectivity index (χ4v) is 1.83. The van der Waals surface area contributed by atoms with Crippen molar-refractivity contribution in [3.63, 3.8) is 0 Å². The van der Waals surface area contributed by atoms with Gasteiger partial charge in [0, 0.05) is 0 Å². The van der Waals surface area contributed by atoms with Gasteiger partial charge in [-0.2, -0.15) is 0 Å². The van der Waals surface area contributed by atoms with Crippen molar-refractivity contribution in [1.29, 1.82) is 0 Å². The summed E-state index contributed by atoms with van der Waals surface area (Å²) in [7, 11) is 0. The van der Waals surface area contributed by atoms with Crippen LogP contribution in [0.4, 0.5) is 5.69 Å². The first-order chi connectivity index (χ1) is 7.09. The van der Waals surface area contributed by atoms with E-state index in [-0.39, 0.29) is 26.3 Å². The first kappa shape index (κ1) is 12.0. The standard InChI is InChI=1S/C9H11AsNO4/c1-7(12)10-6-15-9-4-2-3-8(5-9)11(13)14/h2-5,7,12H,6H2,1H3. The third-order valence-electron chi connectivity index (χ3n) is 1.60. The minimum atomic E-state index is -0.463. The second-order valence-electron chi connectivity index (χ2n) is 2.84. The molecule has 1 atom stereocenters. The van der Waals surface area contributed by atoms with Gasteiger partial charge in [0.25, 0.3) is 0 Å². The van der Waals surface area contributed by atoms with Crippen LogP contribution in [0.2, 0.25) is 0 Å². The normalized spacial score (nSPS) is 12.9. The fraction of sp³-hybridized carbons (Fsp3) is 0.333. The first-order valence-corrected chi connectivity index (χ1v) is 6.72. The summed E-state index contributed by atoms with van der Waals surface area (Å²) < 4.78 is 5.28. The van der Waals surface area contributed by atoms with E-state index in [1.165, 1.54) is 12.1 Å². The second kappa shape index (κ2) is 5.73. The Bertz CT molecular complexity index is 343. The molecular formula is C9H11AsNO4. The van der Waals surface area contributed by atoms with E-state index < -0.39 is 4.92 Å². The Kier molecular flexibility index (Phi) is 4.59. The number of nitro benzene ring substituents is 1. The van der Waals surface area contributed by atoms with Gasteiger partial charge in [-0.15, -0.1) is 0 Å². The monoisotopic (exact) mass is 272 g/mol. The molecule has 0 bridgehead atoms. The van der Waals surface area contributed by atoms with E-state index in [4.69, 9.17) is 9.84 Å². The van der Waals surface area contributed by atoms with Gasteiger partial charge in [0.1, 0.15) is 0 Å². The Morgan fingerprint density at radius 3 is 3.00 bits per heavy atom. The summed E-state index contributed by atoms with van der Waals surface area (Å²) in [5, 5.41) is 19.9. The fourth-order valence-electron chi connectivity index (χ4n) is 0.907. The molecule has 81 valence electrons. The zero-order valence-electron chi connectivity index (χ0n) is 8.16. The second-order valence-corrected chi connectivity index (χ2v) is 5.72. The van der Waals surface area contributed by atoms with Gasteiger partial charge in [-0.05, 0) is 0 Å². The molecule has 1 aromatic carbocycles. The van der Waals surface area contributed by atoms with E-state index in [1.54, 1.807) is 19.1 Å². The number of nitro groups is 1. The van der Waals surface area contributed by atoms with Gasteiger partial charge in [0.05, 0.1) is 0 Å². The summed E-state index contributed by atoms with van der Waals surface area (Å²) in [5.74, 6) is 0.472. The van der Waals surface area contributed by atoms with Crippen molar-refractivity contribution < 1.29 is 14.8 Å². The predicted octanol–water partition coefficient (Wildman–Crippen LogP) is 0.974. The molecule has 1 aromatic rings. The number of non-ortho nitro benzene ring substituents is 1. The molecule has 0 aliphatic carbocycles. The van der Waals surface area contributed by atoms with Gasteiger partial charge >= 0.3 is 93.5 Å². The molecule has 1 rings (SSSR count). The molecule has 5 nitrogen and oxygen atoms in total. The number of hydrogen-bond donors (Lipinski definition) is 1. The molecule has 0 aliphatic rings. The van der Waals surface area contributed by atoms with Gasteiger partial charge < -0.3 is 0 Å². The average molecular weight is 272 g/mol. The van der Waals surface area contributed by atoms with Crippen LogP contribution in [-0.2, 0) is 0 Å². The number of rotatable bonds is 5. The number of aliphatic hydroxyl groups excluding tert-OH is 1. The molecule has 1 unspecified atom stereocenters. The van der Waals surface area contributed by atoms with E-state index in [9.17, 15) is 10.1 Å². The molecule has 0 aliphatic heterocycles. The van der Waals surface area contributed by atoms with Gasteiger partial charge in [-0.3, -0.25) is 0 Å². The van der Waals surface area contributed by atoms with Gasteiger partial charge in [-0.1, -0.05) is 0 Å². The van der Waals surface area contributed by atoms with Crippen molar-refractivity contribution in [2.24, 2.45) is 0 Å². The molecule has 0 spiro atoms. The summed E-state index contributed by atoms with van der Waals surface area (Å²) in [4.78, 5) is 9.65. The van der Waals surface area contributed by atoms with Crippen LogP contribution in [0, 0.1) is 10.1 Å². The van der Waals surface area contributed by atoms with Crippen molar-refractivity contribution in [1.82, 2.24) is 0 Å². The van der Waals surface area contributed by atoms with Crippen molar-refractivity contribution >= 4 is 21.4 Å². The van der Waals surface area contributed by atoms with Crippen LogP contribution in [0.25, 0.3) is 0 Å². The minimum absolute atomic E-state index is 0.0146. The SMILES string of the molecule is CC(O)[As]COc1cccc([N+](=O)[O-])c1. The Labute approximate surface area is 93.9 Å². The van der Waals surface area contributed by atoms with E-state index in [0.29, 0.717) is 11.1 Å².